The van der Waals surface area contributed by atoms with Gasteiger partial charge in [0.15, 0.2) is 5.82 Å². The fraction of sp³-hybridized carbons (Fsp3) is 0.333. The van der Waals surface area contributed by atoms with Gasteiger partial charge in [-0.15, -0.1) is 16.9 Å². The summed E-state index contributed by atoms with van der Waals surface area (Å²) in [7, 11) is 0. The number of tetrazole rings is 1. The first-order chi connectivity index (χ1) is 9.16. The summed E-state index contributed by atoms with van der Waals surface area (Å²) in [6.45, 7) is 1.58. The molecule has 3 rings (SSSR count). The lowest BCUT2D eigenvalue weighted by Gasteiger charge is -2.12. The van der Waals surface area contributed by atoms with Crippen LogP contribution < -0.4 is 0 Å². The highest BCUT2D eigenvalue weighted by atomic mass is 32.2. The van der Waals surface area contributed by atoms with Crippen LogP contribution in [0.25, 0.3) is 0 Å². The predicted molar refractivity (Wildman–Crippen MR) is 68.9 cm³/mol. The molecule has 0 amide bonds. The van der Waals surface area contributed by atoms with Gasteiger partial charge in [-0.25, -0.2) is 9.48 Å². The van der Waals surface area contributed by atoms with Crippen LogP contribution in [-0.2, 0) is 11.2 Å². The largest absolute Gasteiger partial charge is 0.480 e. The van der Waals surface area contributed by atoms with E-state index in [-0.39, 0.29) is 5.25 Å². The van der Waals surface area contributed by atoms with E-state index in [2.05, 4.69) is 27.7 Å². The molecule has 0 aliphatic carbocycles. The molecule has 0 saturated heterocycles. The van der Waals surface area contributed by atoms with E-state index in [4.69, 9.17) is 5.11 Å². The van der Waals surface area contributed by atoms with Gasteiger partial charge in [-0.05, 0) is 35.4 Å². The number of nitrogens with zero attached hydrogens (tertiary/aromatic N) is 4. The Morgan fingerprint density at radius 3 is 3.05 bits per heavy atom. The average molecular weight is 276 g/mol. The predicted octanol–water partition coefficient (Wildman–Crippen LogP) is 1.71. The van der Waals surface area contributed by atoms with Crippen molar-refractivity contribution in [2.24, 2.45) is 0 Å². The van der Waals surface area contributed by atoms with Gasteiger partial charge >= 0.3 is 5.97 Å². The SMILES string of the molecule is CC(C(=O)O)n1nnnc1C1Cc2ccccc2S1. The zero-order chi connectivity index (χ0) is 13.4. The number of aromatic nitrogens is 4. The molecular formula is C12H12N4O2S. The maximum absolute atomic E-state index is 11.1. The molecule has 7 heteroatoms. The van der Waals surface area contributed by atoms with Crippen LogP contribution in [-0.4, -0.2) is 31.3 Å². The lowest BCUT2D eigenvalue weighted by atomic mass is 10.1. The van der Waals surface area contributed by atoms with Gasteiger partial charge in [-0.1, -0.05) is 18.2 Å². The molecule has 1 aliphatic rings. The summed E-state index contributed by atoms with van der Waals surface area (Å²) >= 11 is 1.68. The van der Waals surface area contributed by atoms with Crippen molar-refractivity contribution in [3.8, 4) is 0 Å². The Morgan fingerprint density at radius 1 is 1.53 bits per heavy atom. The monoisotopic (exact) mass is 276 g/mol. The third-order valence-electron chi connectivity index (χ3n) is 3.18. The molecule has 0 spiro atoms. The van der Waals surface area contributed by atoms with Gasteiger partial charge in [0.2, 0.25) is 0 Å². The minimum absolute atomic E-state index is 0.0780. The minimum Gasteiger partial charge on any atom is -0.480 e. The van der Waals surface area contributed by atoms with E-state index in [1.165, 1.54) is 15.1 Å². The lowest BCUT2D eigenvalue weighted by Crippen LogP contribution is -2.20. The minimum atomic E-state index is -0.936. The van der Waals surface area contributed by atoms with E-state index in [1.807, 2.05) is 12.1 Å². The van der Waals surface area contributed by atoms with Crippen molar-refractivity contribution in [1.82, 2.24) is 20.2 Å². The van der Waals surface area contributed by atoms with Crippen LogP contribution in [0.1, 0.15) is 29.6 Å². The van der Waals surface area contributed by atoms with Crippen LogP contribution in [0, 0.1) is 0 Å². The summed E-state index contributed by atoms with van der Waals surface area (Å²) in [4.78, 5) is 12.3. The van der Waals surface area contributed by atoms with Gasteiger partial charge in [0.25, 0.3) is 0 Å². The molecular weight excluding hydrogens is 264 g/mol. The molecule has 1 aromatic carbocycles. The molecule has 2 aromatic rings. The Balaban J connectivity index is 1.90. The highest BCUT2D eigenvalue weighted by Crippen LogP contribution is 2.45. The van der Waals surface area contributed by atoms with Crippen LogP contribution in [0.15, 0.2) is 29.2 Å². The molecule has 98 valence electrons. The second-order valence-corrected chi connectivity index (χ2v) is 5.66. The Labute approximate surface area is 113 Å². The fourth-order valence-electron chi connectivity index (χ4n) is 2.12. The molecule has 0 bridgehead atoms. The molecule has 0 radical (unpaired) electrons. The van der Waals surface area contributed by atoms with Crippen molar-refractivity contribution in [2.75, 3.05) is 0 Å². The van der Waals surface area contributed by atoms with Crippen molar-refractivity contribution in [2.45, 2.75) is 29.5 Å². The highest BCUT2D eigenvalue weighted by Gasteiger charge is 2.30. The summed E-state index contributed by atoms with van der Waals surface area (Å²) in [5.41, 5.74) is 1.26. The Bertz CT molecular complexity index is 603. The smallest absolute Gasteiger partial charge is 0.328 e. The number of carbonyl (C=O) groups is 1. The first kappa shape index (κ1) is 12.2. The lowest BCUT2D eigenvalue weighted by molar-refractivity contribution is -0.140. The van der Waals surface area contributed by atoms with Crippen molar-refractivity contribution < 1.29 is 9.90 Å². The molecule has 2 unspecified atom stereocenters. The van der Waals surface area contributed by atoms with Gasteiger partial charge in [0.1, 0.15) is 6.04 Å². The van der Waals surface area contributed by atoms with Crippen LogP contribution >= 0.6 is 11.8 Å². The van der Waals surface area contributed by atoms with Gasteiger partial charge in [-0.2, -0.15) is 0 Å². The van der Waals surface area contributed by atoms with Crippen LogP contribution in [0.2, 0.25) is 0 Å². The molecule has 6 nitrogen and oxygen atoms in total. The van der Waals surface area contributed by atoms with Gasteiger partial charge < -0.3 is 5.11 Å². The van der Waals surface area contributed by atoms with Crippen molar-refractivity contribution in [1.29, 1.82) is 0 Å². The Morgan fingerprint density at radius 2 is 2.32 bits per heavy atom. The first-order valence-corrected chi connectivity index (χ1v) is 6.80. The van der Waals surface area contributed by atoms with Gasteiger partial charge in [-0.3, -0.25) is 0 Å². The van der Waals surface area contributed by atoms with E-state index in [1.54, 1.807) is 18.7 Å². The molecule has 1 aromatic heterocycles. The van der Waals surface area contributed by atoms with Gasteiger partial charge in [0, 0.05) is 4.90 Å². The third kappa shape index (κ3) is 2.10. The summed E-state index contributed by atoms with van der Waals surface area (Å²) < 4.78 is 1.39. The summed E-state index contributed by atoms with van der Waals surface area (Å²) in [6, 6.07) is 7.39. The number of hydrogen-bond acceptors (Lipinski definition) is 5. The van der Waals surface area contributed by atoms with E-state index in [0.29, 0.717) is 5.82 Å². The molecule has 2 heterocycles. The third-order valence-corrected chi connectivity index (χ3v) is 4.49. The Hall–Kier alpha value is -1.89. The number of carboxylic acid groups (broad SMARTS) is 1. The number of fused-ring (bicyclic) bond motifs is 1. The first-order valence-electron chi connectivity index (χ1n) is 5.92. The quantitative estimate of drug-likeness (QED) is 0.919. The van der Waals surface area contributed by atoms with E-state index < -0.39 is 12.0 Å². The van der Waals surface area contributed by atoms with Crippen LogP contribution in [0.4, 0.5) is 0 Å². The van der Waals surface area contributed by atoms with Crippen LogP contribution in [0.3, 0.4) is 0 Å². The highest BCUT2D eigenvalue weighted by molar-refractivity contribution is 7.99. The average Bonchev–Trinajstić information content (AvgIpc) is 3.03. The summed E-state index contributed by atoms with van der Waals surface area (Å²) in [5, 5.41) is 20.6. The number of thioether (sulfide) groups is 1. The van der Waals surface area contributed by atoms with Gasteiger partial charge in [0.05, 0.1) is 5.25 Å². The number of hydrogen-bond donors (Lipinski definition) is 1. The second-order valence-electron chi connectivity index (χ2n) is 4.41. The number of aliphatic carboxylic acids is 1. The number of rotatable bonds is 3. The molecule has 0 fully saturated rings. The van der Waals surface area contributed by atoms with E-state index in [9.17, 15) is 4.79 Å². The van der Waals surface area contributed by atoms with Crippen molar-refractivity contribution >= 4 is 17.7 Å². The molecule has 1 aliphatic heterocycles. The topological polar surface area (TPSA) is 80.9 Å². The second kappa shape index (κ2) is 4.65. The van der Waals surface area contributed by atoms with E-state index >= 15 is 0 Å². The Kier molecular flexibility index (Phi) is 2.98. The molecule has 19 heavy (non-hydrogen) atoms. The normalized spacial score (nSPS) is 19.1. The standard InChI is InChI=1S/C12H12N4O2S/c1-7(12(17)18)16-11(13-14-15-16)10-6-8-4-2-3-5-9(8)19-10/h2-5,7,10H,6H2,1H3,(H,17,18). The zero-order valence-corrected chi connectivity index (χ0v) is 11.0. The summed E-state index contributed by atoms with van der Waals surface area (Å²) in [5.74, 6) is -0.315. The van der Waals surface area contributed by atoms with Crippen molar-refractivity contribution in [3.05, 3.63) is 35.7 Å². The van der Waals surface area contributed by atoms with Crippen molar-refractivity contribution in [3.63, 3.8) is 0 Å². The molecule has 0 saturated carbocycles. The number of benzene rings is 1. The molecule has 1 N–H and O–H groups in total. The van der Waals surface area contributed by atoms with Crippen LogP contribution in [0.5, 0.6) is 0 Å². The summed E-state index contributed by atoms with van der Waals surface area (Å²) in [6.07, 6.45) is 0.827. The maximum atomic E-state index is 11.1. The zero-order valence-electron chi connectivity index (χ0n) is 10.2. The maximum Gasteiger partial charge on any atom is 0.328 e. The number of carboxylic acids is 1. The molecule has 2 atom stereocenters. The van der Waals surface area contributed by atoms with E-state index in [0.717, 1.165) is 6.42 Å². The fourth-order valence-corrected chi connectivity index (χ4v) is 3.41.